The molecule has 0 aliphatic heterocycles. The lowest BCUT2D eigenvalue weighted by Crippen LogP contribution is -2.28. The molecule has 1 atom stereocenters. The van der Waals surface area contributed by atoms with Crippen LogP contribution < -0.4 is 10.0 Å². The van der Waals surface area contributed by atoms with Gasteiger partial charge in [0.05, 0.1) is 5.69 Å². The topological polar surface area (TPSA) is 58.2 Å². The summed E-state index contributed by atoms with van der Waals surface area (Å²) in [7, 11) is -1.81. The monoisotopic (exact) mass is 304 g/mol. The van der Waals surface area contributed by atoms with Crippen molar-refractivity contribution in [1.29, 1.82) is 0 Å². The van der Waals surface area contributed by atoms with Crippen LogP contribution >= 0.6 is 0 Å². The lowest BCUT2D eigenvalue weighted by molar-refractivity contribution is 0.575. The molecule has 2 rings (SSSR count). The maximum atomic E-state index is 12.4. The van der Waals surface area contributed by atoms with Gasteiger partial charge in [0.2, 0.25) is 10.0 Å². The number of rotatable bonds is 6. The van der Waals surface area contributed by atoms with Crippen LogP contribution in [0.15, 0.2) is 59.5 Å². The van der Waals surface area contributed by atoms with Crippen LogP contribution in [0, 0.1) is 0 Å². The maximum Gasteiger partial charge on any atom is 0.242 e. The smallest absolute Gasteiger partial charge is 0.242 e. The summed E-state index contributed by atoms with van der Waals surface area (Å²) in [6.45, 7) is 2.37. The number of hydrogen-bond donors (Lipinski definition) is 2. The van der Waals surface area contributed by atoms with Gasteiger partial charge in [-0.1, -0.05) is 49.4 Å². The van der Waals surface area contributed by atoms with Crippen molar-refractivity contribution in [2.75, 3.05) is 18.9 Å². The molecule has 0 aliphatic rings. The minimum Gasteiger partial charge on any atom is -0.387 e. The van der Waals surface area contributed by atoms with Gasteiger partial charge in [-0.15, -0.1) is 0 Å². The summed E-state index contributed by atoms with van der Waals surface area (Å²) in [5.74, 6) is 0.114. The van der Waals surface area contributed by atoms with Gasteiger partial charge in [-0.25, -0.2) is 13.1 Å². The number of nitrogens with one attached hydrogen (secondary N) is 2. The van der Waals surface area contributed by atoms with Crippen molar-refractivity contribution in [2.45, 2.75) is 17.7 Å². The van der Waals surface area contributed by atoms with E-state index in [9.17, 15) is 8.42 Å². The Bertz CT molecular complexity index is 684. The molecule has 0 aliphatic carbocycles. The lowest BCUT2D eigenvalue weighted by atomic mass is 10.0. The Morgan fingerprint density at radius 1 is 1.00 bits per heavy atom. The van der Waals surface area contributed by atoms with E-state index in [1.807, 2.05) is 37.3 Å². The zero-order valence-electron chi connectivity index (χ0n) is 12.2. The first-order valence-corrected chi connectivity index (χ1v) is 8.34. The van der Waals surface area contributed by atoms with Gasteiger partial charge < -0.3 is 5.32 Å². The summed E-state index contributed by atoms with van der Waals surface area (Å²) in [5, 5.41) is 2.90. The summed E-state index contributed by atoms with van der Waals surface area (Å²) < 4.78 is 27.5. The second-order valence-electron chi connectivity index (χ2n) is 4.91. The average molecular weight is 304 g/mol. The molecule has 0 aromatic heterocycles. The molecule has 0 fully saturated rings. The van der Waals surface area contributed by atoms with E-state index in [-0.39, 0.29) is 10.8 Å². The molecule has 0 spiro atoms. The van der Waals surface area contributed by atoms with Crippen LogP contribution in [0.3, 0.4) is 0 Å². The fraction of sp³-hybridized carbons (Fsp3) is 0.250. The molecule has 112 valence electrons. The fourth-order valence-corrected chi connectivity index (χ4v) is 3.46. The van der Waals surface area contributed by atoms with Crippen molar-refractivity contribution < 1.29 is 8.42 Å². The van der Waals surface area contributed by atoms with Gasteiger partial charge in [0.25, 0.3) is 0 Å². The van der Waals surface area contributed by atoms with Crippen LogP contribution in [0.25, 0.3) is 0 Å². The predicted octanol–water partition coefficient (Wildman–Crippen LogP) is 2.81. The summed E-state index contributed by atoms with van der Waals surface area (Å²) in [5.41, 5.74) is 1.71. The van der Waals surface area contributed by atoms with E-state index in [0.717, 1.165) is 5.56 Å². The predicted molar refractivity (Wildman–Crippen MR) is 86.0 cm³/mol. The third-order valence-electron chi connectivity index (χ3n) is 3.39. The van der Waals surface area contributed by atoms with Gasteiger partial charge in [0.15, 0.2) is 0 Å². The van der Waals surface area contributed by atoms with Crippen molar-refractivity contribution in [3.8, 4) is 0 Å². The Hall–Kier alpha value is -1.85. The van der Waals surface area contributed by atoms with Gasteiger partial charge in [-0.05, 0) is 23.6 Å². The number of benzene rings is 2. The van der Waals surface area contributed by atoms with Crippen LogP contribution in [0.4, 0.5) is 5.69 Å². The van der Waals surface area contributed by atoms with Gasteiger partial charge >= 0.3 is 0 Å². The molecule has 0 amide bonds. The van der Waals surface area contributed by atoms with Crippen LogP contribution in [-0.2, 0) is 10.0 Å². The highest BCUT2D eigenvalue weighted by molar-refractivity contribution is 7.89. The summed E-state index contributed by atoms with van der Waals surface area (Å²) in [4.78, 5) is 0.271. The summed E-state index contributed by atoms with van der Waals surface area (Å²) in [6, 6.07) is 16.7. The number of sulfonamides is 1. The molecule has 4 nitrogen and oxygen atoms in total. The summed E-state index contributed by atoms with van der Waals surface area (Å²) >= 11 is 0. The molecule has 0 radical (unpaired) electrons. The molecule has 21 heavy (non-hydrogen) atoms. The van der Waals surface area contributed by atoms with E-state index < -0.39 is 10.0 Å². The molecule has 0 saturated carbocycles. The molecule has 2 aromatic rings. The Kier molecular flexibility index (Phi) is 4.98. The molecule has 0 heterocycles. The maximum absolute atomic E-state index is 12.4. The van der Waals surface area contributed by atoms with Gasteiger partial charge in [-0.2, -0.15) is 0 Å². The van der Waals surface area contributed by atoms with E-state index in [2.05, 4.69) is 10.0 Å². The lowest BCUT2D eigenvalue weighted by Gasteiger charge is -2.15. The first-order chi connectivity index (χ1) is 10.0. The highest BCUT2D eigenvalue weighted by Gasteiger charge is 2.18. The van der Waals surface area contributed by atoms with E-state index in [4.69, 9.17) is 0 Å². The Morgan fingerprint density at radius 3 is 2.29 bits per heavy atom. The molecular weight excluding hydrogens is 284 g/mol. The second kappa shape index (κ2) is 6.74. The quantitative estimate of drug-likeness (QED) is 0.863. The first-order valence-electron chi connectivity index (χ1n) is 6.86. The zero-order chi connectivity index (χ0) is 15.3. The molecule has 2 N–H and O–H groups in total. The van der Waals surface area contributed by atoms with E-state index >= 15 is 0 Å². The Balaban J connectivity index is 2.12. The van der Waals surface area contributed by atoms with Crippen molar-refractivity contribution in [2.24, 2.45) is 0 Å². The van der Waals surface area contributed by atoms with E-state index in [1.165, 1.54) is 0 Å². The van der Waals surface area contributed by atoms with Gasteiger partial charge in [0, 0.05) is 13.6 Å². The Labute approximate surface area is 126 Å². The van der Waals surface area contributed by atoms with Crippen molar-refractivity contribution >= 4 is 15.7 Å². The molecular formula is C16H20N2O2S. The van der Waals surface area contributed by atoms with Crippen LogP contribution in [0.2, 0.25) is 0 Å². The minimum atomic E-state index is -3.52. The standard InChI is InChI=1S/C16H20N2O2S/c1-13(14-8-4-3-5-9-14)12-18-21(19,20)16-11-7-6-10-15(16)17-2/h3-11,13,17-18H,12H2,1-2H3. The number of hydrogen-bond acceptors (Lipinski definition) is 3. The largest absolute Gasteiger partial charge is 0.387 e. The second-order valence-corrected chi connectivity index (χ2v) is 6.65. The summed E-state index contributed by atoms with van der Waals surface area (Å²) in [6.07, 6.45) is 0. The fourth-order valence-electron chi connectivity index (χ4n) is 2.12. The third kappa shape index (κ3) is 3.83. The molecule has 2 aromatic carbocycles. The van der Waals surface area contributed by atoms with E-state index in [0.29, 0.717) is 12.2 Å². The van der Waals surface area contributed by atoms with Crippen LogP contribution in [0.1, 0.15) is 18.4 Å². The molecule has 0 saturated heterocycles. The molecule has 1 unspecified atom stereocenters. The number of para-hydroxylation sites is 1. The van der Waals surface area contributed by atoms with E-state index in [1.54, 1.807) is 31.3 Å². The third-order valence-corrected chi connectivity index (χ3v) is 4.88. The highest BCUT2D eigenvalue weighted by atomic mass is 32.2. The van der Waals surface area contributed by atoms with Crippen LogP contribution in [0.5, 0.6) is 0 Å². The first kappa shape index (κ1) is 15.5. The average Bonchev–Trinajstić information content (AvgIpc) is 2.53. The zero-order valence-corrected chi connectivity index (χ0v) is 13.0. The van der Waals surface area contributed by atoms with Crippen molar-refractivity contribution in [3.63, 3.8) is 0 Å². The van der Waals surface area contributed by atoms with Crippen LogP contribution in [-0.4, -0.2) is 22.0 Å². The van der Waals surface area contributed by atoms with Gasteiger partial charge in [-0.3, -0.25) is 0 Å². The van der Waals surface area contributed by atoms with Crippen molar-refractivity contribution in [3.05, 3.63) is 60.2 Å². The van der Waals surface area contributed by atoms with Crippen molar-refractivity contribution in [1.82, 2.24) is 4.72 Å². The molecule has 0 bridgehead atoms. The van der Waals surface area contributed by atoms with Gasteiger partial charge in [0.1, 0.15) is 4.90 Å². The normalized spacial score (nSPS) is 12.9. The minimum absolute atomic E-state index is 0.114. The molecule has 5 heteroatoms. The number of anilines is 1. The Morgan fingerprint density at radius 2 is 1.62 bits per heavy atom. The highest BCUT2D eigenvalue weighted by Crippen LogP contribution is 2.21. The SMILES string of the molecule is CNc1ccccc1S(=O)(=O)NCC(C)c1ccccc1.